The molecule has 2 fully saturated rings. The topological polar surface area (TPSA) is 128 Å². The van der Waals surface area contributed by atoms with Crippen molar-refractivity contribution < 1.29 is 33.7 Å². The van der Waals surface area contributed by atoms with Crippen LogP contribution in [0, 0.1) is 19.7 Å². The van der Waals surface area contributed by atoms with E-state index in [1.54, 1.807) is 26.0 Å². The summed E-state index contributed by atoms with van der Waals surface area (Å²) in [4.78, 5) is 41.4. The van der Waals surface area contributed by atoms with Crippen LogP contribution in [0.3, 0.4) is 0 Å². The first-order chi connectivity index (χ1) is 21.1. The Bertz CT molecular complexity index is 1530. The minimum atomic E-state index is -0.756. The number of nitrogens with one attached hydrogen (secondary N) is 2. The molecule has 0 spiro atoms. The van der Waals surface area contributed by atoms with Gasteiger partial charge in [-0.2, -0.15) is 0 Å². The van der Waals surface area contributed by atoms with Crippen LogP contribution in [0.5, 0.6) is 11.5 Å². The summed E-state index contributed by atoms with van der Waals surface area (Å²) in [5.41, 5.74) is 1.79. The number of nitrogens with zero attached hydrogens (tertiary/aromatic N) is 1. The highest BCUT2D eigenvalue weighted by molar-refractivity contribution is 6.11. The summed E-state index contributed by atoms with van der Waals surface area (Å²) >= 11 is 0. The van der Waals surface area contributed by atoms with Gasteiger partial charge in [0.2, 0.25) is 0 Å². The first-order valence-electron chi connectivity index (χ1n) is 15.1. The van der Waals surface area contributed by atoms with E-state index in [9.17, 15) is 24.6 Å². The van der Waals surface area contributed by atoms with Crippen LogP contribution >= 0.6 is 0 Å². The number of aromatic hydroxyl groups is 2. The molecular formula is C34H38FN3O6. The average Bonchev–Trinajstić information content (AvgIpc) is 3.24. The Kier molecular flexibility index (Phi) is 9.49. The second-order valence-electron chi connectivity index (χ2n) is 11.6. The van der Waals surface area contributed by atoms with Crippen LogP contribution < -0.4 is 15.5 Å². The van der Waals surface area contributed by atoms with E-state index in [1.807, 2.05) is 4.90 Å². The summed E-state index contributed by atoms with van der Waals surface area (Å²) in [6.07, 6.45) is 3.60. The molecule has 0 aliphatic carbocycles. The average molecular weight is 604 g/mol. The van der Waals surface area contributed by atoms with Gasteiger partial charge in [0.15, 0.2) is 11.6 Å². The molecule has 44 heavy (non-hydrogen) atoms. The smallest absolute Gasteiger partial charge is 0.338 e. The molecular weight excluding hydrogens is 565 g/mol. The first kappa shape index (κ1) is 31.0. The van der Waals surface area contributed by atoms with Crippen molar-refractivity contribution in [2.45, 2.75) is 58.1 Å². The molecule has 1 amide bonds. The number of carbonyl (C=O) groups is 3. The van der Waals surface area contributed by atoms with E-state index in [-0.39, 0.29) is 22.8 Å². The Morgan fingerprint density at radius 2 is 1.57 bits per heavy atom. The number of halogens is 1. The number of rotatable bonds is 7. The molecule has 2 aliphatic rings. The van der Waals surface area contributed by atoms with Gasteiger partial charge in [0.25, 0.3) is 5.91 Å². The van der Waals surface area contributed by atoms with Gasteiger partial charge in [-0.25, -0.2) is 9.18 Å². The number of phenols is 2. The van der Waals surface area contributed by atoms with E-state index < -0.39 is 41.0 Å². The summed E-state index contributed by atoms with van der Waals surface area (Å²) in [7, 11) is 0. The van der Waals surface area contributed by atoms with E-state index in [0.717, 1.165) is 25.7 Å². The SMILES string of the molecule is Cc1cc(C(=O)N[C@@H]2CNCCC[C@H]2OC(=O)c2ccc(C(=O)c3c(O)ccc(N4CCCCC4)c3F)cc2)cc(C)c1O. The van der Waals surface area contributed by atoms with Gasteiger partial charge in [-0.05, 0) is 100 Å². The Balaban J connectivity index is 1.29. The highest BCUT2D eigenvalue weighted by atomic mass is 19.1. The third-order valence-electron chi connectivity index (χ3n) is 8.39. The minimum absolute atomic E-state index is 0.120. The molecule has 5 rings (SSSR count). The molecule has 2 saturated heterocycles. The number of ketones is 1. The maximum atomic E-state index is 15.5. The minimum Gasteiger partial charge on any atom is -0.507 e. The number of amides is 1. The standard InChI is InChI=1S/C34H38FN3O6/c1-20-17-24(18-21(2)31(20)40)33(42)37-25-19-36-14-6-7-28(25)44-34(43)23-10-8-22(9-11-23)32(41)29-27(39)13-12-26(30(29)35)38-15-4-3-5-16-38/h8-13,17-18,25,28,36,39-40H,3-7,14-16,19H2,1-2H3,(H,37,42)/t25-,28-/m1/s1. The zero-order chi connectivity index (χ0) is 31.4. The van der Waals surface area contributed by atoms with Crippen molar-refractivity contribution in [3.8, 4) is 11.5 Å². The van der Waals surface area contributed by atoms with Gasteiger partial charge in [0, 0.05) is 30.8 Å². The molecule has 4 N–H and O–H groups in total. The van der Waals surface area contributed by atoms with E-state index in [4.69, 9.17) is 4.74 Å². The third kappa shape index (κ3) is 6.70. The van der Waals surface area contributed by atoms with Crippen molar-refractivity contribution in [1.29, 1.82) is 0 Å². The number of carbonyl (C=O) groups excluding carboxylic acids is 3. The summed E-state index contributed by atoms with van der Waals surface area (Å²) in [5.74, 6) is -2.69. The number of ether oxygens (including phenoxy) is 1. The Labute approximate surface area is 256 Å². The number of piperidine rings is 1. The number of hydrogen-bond donors (Lipinski definition) is 4. The van der Waals surface area contributed by atoms with Gasteiger partial charge < -0.3 is 30.5 Å². The summed E-state index contributed by atoms with van der Waals surface area (Å²) in [5, 5.41) is 26.7. The van der Waals surface area contributed by atoms with Gasteiger partial charge in [0.05, 0.1) is 17.3 Å². The number of esters is 1. The molecule has 0 aromatic heterocycles. The fourth-order valence-corrected chi connectivity index (χ4v) is 5.90. The fraction of sp³-hybridized carbons (Fsp3) is 0.382. The van der Waals surface area contributed by atoms with Crippen LogP contribution in [0.2, 0.25) is 0 Å². The van der Waals surface area contributed by atoms with Crippen molar-refractivity contribution in [1.82, 2.24) is 10.6 Å². The number of hydrogen-bond acceptors (Lipinski definition) is 8. The van der Waals surface area contributed by atoms with E-state index in [1.165, 1.54) is 36.4 Å². The summed E-state index contributed by atoms with van der Waals surface area (Å²) in [6.45, 7) is 5.92. The van der Waals surface area contributed by atoms with Gasteiger partial charge >= 0.3 is 5.97 Å². The van der Waals surface area contributed by atoms with Crippen LogP contribution in [0.1, 0.15) is 79.9 Å². The molecule has 9 nitrogen and oxygen atoms in total. The van der Waals surface area contributed by atoms with Gasteiger partial charge in [-0.15, -0.1) is 0 Å². The Hall–Kier alpha value is -4.44. The molecule has 2 aliphatic heterocycles. The predicted octanol–water partition coefficient (Wildman–Crippen LogP) is 4.78. The van der Waals surface area contributed by atoms with Crippen molar-refractivity contribution >= 4 is 23.3 Å². The zero-order valence-corrected chi connectivity index (χ0v) is 25.0. The fourth-order valence-electron chi connectivity index (χ4n) is 5.90. The van der Waals surface area contributed by atoms with Crippen LogP contribution in [-0.2, 0) is 4.74 Å². The molecule has 10 heteroatoms. The quantitative estimate of drug-likeness (QED) is 0.224. The monoisotopic (exact) mass is 603 g/mol. The lowest BCUT2D eigenvalue weighted by Gasteiger charge is -2.29. The van der Waals surface area contributed by atoms with Gasteiger partial charge in [-0.1, -0.05) is 12.1 Å². The van der Waals surface area contributed by atoms with Crippen molar-refractivity contribution in [2.75, 3.05) is 31.1 Å². The maximum Gasteiger partial charge on any atom is 0.338 e. The highest BCUT2D eigenvalue weighted by Crippen LogP contribution is 2.32. The van der Waals surface area contributed by atoms with E-state index in [0.29, 0.717) is 55.0 Å². The van der Waals surface area contributed by atoms with Crippen molar-refractivity contribution in [3.05, 3.63) is 87.7 Å². The highest BCUT2D eigenvalue weighted by Gasteiger charge is 2.30. The largest absolute Gasteiger partial charge is 0.507 e. The molecule has 0 saturated carbocycles. The van der Waals surface area contributed by atoms with Crippen molar-refractivity contribution in [2.24, 2.45) is 0 Å². The summed E-state index contributed by atoms with van der Waals surface area (Å²) in [6, 6.07) is 11.3. The Morgan fingerprint density at radius 1 is 0.909 bits per heavy atom. The number of benzene rings is 3. The lowest BCUT2D eigenvalue weighted by molar-refractivity contribution is 0.0192. The zero-order valence-electron chi connectivity index (χ0n) is 25.0. The van der Waals surface area contributed by atoms with Gasteiger partial charge in [0.1, 0.15) is 23.2 Å². The lowest BCUT2D eigenvalue weighted by atomic mass is 9.99. The summed E-state index contributed by atoms with van der Waals surface area (Å²) < 4.78 is 21.4. The maximum absolute atomic E-state index is 15.5. The molecule has 0 bridgehead atoms. The number of aryl methyl sites for hydroxylation is 2. The van der Waals surface area contributed by atoms with Crippen LogP contribution in [-0.4, -0.2) is 66.2 Å². The molecule has 232 valence electrons. The second kappa shape index (κ2) is 13.5. The predicted molar refractivity (Wildman–Crippen MR) is 164 cm³/mol. The van der Waals surface area contributed by atoms with Crippen LogP contribution in [0.25, 0.3) is 0 Å². The Morgan fingerprint density at radius 3 is 2.25 bits per heavy atom. The number of phenolic OH excluding ortho intramolecular Hbond substituents is 2. The van der Waals surface area contributed by atoms with Gasteiger partial charge in [-0.3, -0.25) is 9.59 Å². The third-order valence-corrected chi connectivity index (χ3v) is 8.39. The molecule has 0 radical (unpaired) electrons. The molecule has 3 aromatic carbocycles. The van der Waals surface area contributed by atoms with E-state index >= 15 is 4.39 Å². The molecule has 2 heterocycles. The molecule has 2 atom stereocenters. The van der Waals surface area contributed by atoms with Crippen LogP contribution in [0.15, 0.2) is 48.5 Å². The number of anilines is 1. The lowest BCUT2D eigenvalue weighted by Crippen LogP contribution is -2.49. The second-order valence-corrected chi connectivity index (χ2v) is 11.6. The molecule has 3 aromatic rings. The molecule has 0 unspecified atom stereocenters. The first-order valence-corrected chi connectivity index (χ1v) is 15.1. The van der Waals surface area contributed by atoms with Crippen molar-refractivity contribution in [3.63, 3.8) is 0 Å². The normalized spacial score (nSPS) is 18.8. The van der Waals surface area contributed by atoms with E-state index in [2.05, 4.69) is 10.6 Å². The van der Waals surface area contributed by atoms with Crippen LogP contribution in [0.4, 0.5) is 10.1 Å².